The molecule has 24 heavy (non-hydrogen) atoms. The van der Waals surface area contributed by atoms with Crippen molar-refractivity contribution in [2.24, 2.45) is 0 Å². The second-order valence-electron chi connectivity index (χ2n) is 4.90. The van der Waals surface area contributed by atoms with E-state index in [1.165, 1.54) is 12.3 Å². The van der Waals surface area contributed by atoms with Gasteiger partial charge in [-0.3, -0.25) is 5.10 Å². The maximum absolute atomic E-state index is 13.3. The topological polar surface area (TPSA) is 90.3 Å². The number of alkyl halides is 3. The molecule has 0 saturated heterocycles. The summed E-state index contributed by atoms with van der Waals surface area (Å²) in [6, 6.07) is 7.37. The zero-order chi connectivity index (χ0) is 17.2. The van der Waals surface area contributed by atoms with Gasteiger partial charge in [0.2, 0.25) is 0 Å². The van der Waals surface area contributed by atoms with Crippen LogP contribution in [-0.4, -0.2) is 26.7 Å². The lowest BCUT2D eigenvalue weighted by molar-refractivity contribution is -0.137. The van der Waals surface area contributed by atoms with Gasteiger partial charge in [0.1, 0.15) is 17.2 Å². The first kappa shape index (κ1) is 15.7. The molecule has 0 radical (unpaired) electrons. The lowest BCUT2D eigenvalue weighted by atomic mass is 10.1. The number of rotatable bonds is 4. The third-order valence-corrected chi connectivity index (χ3v) is 3.30. The van der Waals surface area contributed by atoms with Crippen molar-refractivity contribution in [2.45, 2.75) is 12.6 Å². The number of aromatic amines is 1. The van der Waals surface area contributed by atoms with E-state index >= 15 is 0 Å². The third kappa shape index (κ3) is 2.99. The number of pyridine rings is 2. The summed E-state index contributed by atoms with van der Waals surface area (Å²) in [5.74, 6) is 0.244. The number of fused-ring (bicyclic) bond motifs is 1. The molecule has 2 N–H and O–H groups in total. The maximum atomic E-state index is 13.3. The van der Waals surface area contributed by atoms with Crippen molar-refractivity contribution in [2.75, 3.05) is 11.9 Å². The second kappa shape index (κ2) is 6.16. The van der Waals surface area contributed by atoms with Crippen LogP contribution in [0.3, 0.4) is 0 Å². The van der Waals surface area contributed by atoms with Gasteiger partial charge in [0, 0.05) is 18.1 Å². The fraction of sp³-hybridized carbons (Fsp3) is 0.200. The van der Waals surface area contributed by atoms with E-state index in [1.54, 1.807) is 12.1 Å². The number of halogens is 3. The van der Waals surface area contributed by atoms with E-state index in [-0.39, 0.29) is 30.2 Å². The quantitative estimate of drug-likeness (QED) is 0.715. The van der Waals surface area contributed by atoms with Crippen molar-refractivity contribution in [1.29, 1.82) is 5.26 Å². The van der Waals surface area contributed by atoms with E-state index in [9.17, 15) is 13.2 Å². The molecule has 0 aromatic carbocycles. The van der Waals surface area contributed by atoms with Gasteiger partial charge < -0.3 is 5.32 Å². The van der Waals surface area contributed by atoms with Crippen LogP contribution in [0, 0.1) is 11.3 Å². The molecule has 0 aliphatic rings. The van der Waals surface area contributed by atoms with Gasteiger partial charge in [-0.25, -0.2) is 9.97 Å². The Bertz CT molecular complexity index is 909. The number of nitrogens with zero attached hydrogens (tertiary/aromatic N) is 4. The Kier molecular flexibility index (Phi) is 4.04. The largest absolute Gasteiger partial charge is 0.418 e. The van der Waals surface area contributed by atoms with Gasteiger partial charge in [-0.05, 0) is 24.3 Å². The Balaban J connectivity index is 2.12. The van der Waals surface area contributed by atoms with Gasteiger partial charge >= 0.3 is 6.18 Å². The van der Waals surface area contributed by atoms with Gasteiger partial charge in [-0.15, -0.1) is 0 Å². The molecule has 3 rings (SSSR count). The highest BCUT2D eigenvalue weighted by Crippen LogP contribution is 2.37. The molecule has 0 fully saturated rings. The number of aromatic nitrogens is 4. The standard InChI is InChI=1S/C15H11F3N6/c16-15(17,18)10-4-5-11(20-8-2-6-19)22-13(10)12-9-3-1-7-21-14(9)24-23-12/h1,3-5,7H,2,8H2,(H,20,22)(H,21,23,24). The van der Waals surface area contributed by atoms with E-state index in [2.05, 4.69) is 25.5 Å². The summed E-state index contributed by atoms with van der Waals surface area (Å²) < 4.78 is 40.0. The summed E-state index contributed by atoms with van der Waals surface area (Å²) >= 11 is 0. The number of nitrogens with one attached hydrogen (secondary N) is 2. The van der Waals surface area contributed by atoms with Crippen molar-refractivity contribution in [3.63, 3.8) is 0 Å². The Morgan fingerprint density at radius 3 is 2.79 bits per heavy atom. The third-order valence-electron chi connectivity index (χ3n) is 3.30. The van der Waals surface area contributed by atoms with Crippen molar-refractivity contribution in [3.05, 3.63) is 36.0 Å². The highest BCUT2D eigenvalue weighted by molar-refractivity contribution is 5.90. The first-order chi connectivity index (χ1) is 11.5. The van der Waals surface area contributed by atoms with Gasteiger partial charge in [-0.2, -0.15) is 23.5 Å². The first-order valence-electron chi connectivity index (χ1n) is 6.99. The summed E-state index contributed by atoms with van der Waals surface area (Å²) in [6.45, 7) is 0.289. The Hall–Kier alpha value is -3.15. The zero-order valence-corrected chi connectivity index (χ0v) is 12.2. The number of hydrogen-bond donors (Lipinski definition) is 2. The molecule has 3 aromatic rings. The first-order valence-corrected chi connectivity index (χ1v) is 6.99. The maximum Gasteiger partial charge on any atom is 0.418 e. The van der Waals surface area contributed by atoms with Crippen LogP contribution in [0.1, 0.15) is 12.0 Å². The molecule has 6 nitrogen and oxygen atoms in total. The molecular formula is C15H11F3N6. The monoisotopic (exact) mass is 332 g/mol. The number of hydrogen-bond acceptors (Lipinski definition) is 5. The van der Waals surface area contributed by atoms with Crippen molar-refractivity contribution in [1.82, 2.24) is 20.2 Å². The predicted molar refractivity (Wildman–Crippen MR) is 80.8 cm³/mol. The Labute approximate surface area is 134 Å². The van der Waals surface area contributed by atoms with Crippen molar-refractivity contribution < 1.29 is 13.2 Å². The average molecular weight is 332 g/mol. The molecule has 0 atom stereocenters. The molecule has 9 heteroatoms. The molecule has 3 heterocycles. The SMILES string of the molecule is N#CCCNc1ccc(C(F)(F)F)c(-c2n[nH]c3ncccc23)n1. The lowest BCUT2D eigenvalue weighted by Gasteiger charge is -2.13. The summed E-state index contributed by atoms with van der Waals surface area (Å²) in [5, 5.41) is 18.4. The van der Waals surface area contributed by atoms with Crippen LogP contribution in [0.25, 0.3) is 22.4 Å². The average Bonchev–Trinajstić information content (AvgIpc) is 2.98. The van der Waals surface area contributed by atoms with Crippen molar-refractivity contribution in [3.8, 4) is 17.5 Å². The molecule has 0 aliphatic carbocycles. The van der Waals surface area contributed by atoms with Crippen LogP contribution < -0.4 is 5.32 Å². The van der Waals surface area contributed by atoms with E-state index < -0.39 is 11.7 Å². The summed E-state index contributed by atoms with van der Waals surface area (Å²) in [5.41, 5.74) is -0.714. The predicted octanol–water partition coefficient (Wildman–Crippen LogP) is 3.36. The molecule has 3 aromatic heterocycles. The fourth-order valence-corrected chi connectivity index (χ4v) is 2.25. The van der Waals surface area contributed by atoms with Crippen LogP contribution >= 0.6 is 0 Å². The highest BCUT2D eigenvalue weighted by Gasteiger charge is 2.35. The smallest absolute Gasteiger partial charge is 0.369 e. The molecular weight excluding hydrogens is 321 g/mol. The van der Waals surface area contributed by atoms with E-state index in [0.717, 1.165) is 6.07 Å². The lowest BCUT2D eigenvalue weighted by Crippen LogP contribution is -2.11. The summed E-state index contributed by atoms with van der Waals surface area (Å²) in [7, 11) is 0. The number of nitriles is 1. The van der Waals surface area contributed by atoms with Crippen molar-refractivity contribution >= 4 is 16.9 Å². The van der Waals surface area contributed by atoms with Crippen LogP contribution in [0.15, 0.2) is 30.5 Å². The van der Waals surface area contributed by atoms with E-state index in [0.29, 0.717) is 11.0 Å². The zero-order valence-electron chi connectivity index (χ0n) is 12.2. The minimum absolute atomic E-state index is 0.0781. The molecule has 122 valence electrons. The van der Waals surface area contributed by atoms with Crippen LogP contribution in [0.2, 0.25) is 0 Å². The van der Waals surface area contributed by atoms with E-state index in [1.807, 2.05) is 6.07 Å². The molecule has 0 amide bonds. The Morgan fingerprint density at radius 1 is 1.21 bits per heavy atom. The van der Waals surface area contributed by atoms with Gasteiger partial charge in [0.15, 0.2) is 5.65 Å². The normalized spacial score (nSPS) is 11.4. The van der Waals surface area contributed by atoms with E-state index in [4.69, 9.17) is 5.26 Å². The molecule has 0 saturated carbocycles. The van der Waals surface area contributed by atoms with Crippen LogP contribution in [0.5, 0.6) is 0 Å². The summed E-state index contributed by atoms with van der Waals surface area (Å²) in [6.07, 6.45) is -2.84. The number of anilines is 1. The van der Waals surface area contributed by atoms with Crippen LogP contribution in [0.4, 0.5) is 19.0 Å². The highest BCUT2D eigenvalue weighted by atomic mass is 19.4. The second-order valence-corrected chi connectivity index (χ2v) is 4.90. The van der Waals surface area contributed by atoms with Gasteiger partial charge in [-0.1, -0.05) is 0 Å². The molecule has 0 spiro atoms. The molecule has 0 unspecified atom stereocenters. The van der Waals surface area contributed by atoms with Gasteiger partial charge in [0.05, 0.1) is 18.1 Å². The Morgan fingerprint density at radius 2 is 2.04 bits per heavy atom. The minimum atomic E-state index is -4.57. The fourth-order valence-electron chi connectivity index (χ4n) is 2.25. The van der Waals surface area contributed by atoms with Crippen LogP contribution in [-0.2, 0) is 6.18 Å². The molecule has 0 aliphatic heterocycles. The summed E-state index contributed by atoms with van der Waals surface area (Å²) in [4.78, 5) is 8.08. The minimum Gasteiger partial charge on any atom is -0.369 e. The number of H-pyrrole nitrogens is 1. The van der Waals surface area contributed by atoms with Gasteiger partial charge in [0.25, 0.3) is 0 Å². The molecule has 0 bridgehead atoms.